The minimum Gasteiger partial charge on any atom is -0.355 e. The van der Waals surface area contributed by atoms with Crippen LogP contribution in [0, 0.1) is 5.82 Å². The SMILES string of the molecule is [B]c1ccc(F)c(-c2cc(Nc3ccncc3)c3ccccc3n2)c1. The molecule has 0 bridgehead atoms. The van der Waals surface area contributed by atoms with Gasteiger partial charge in [-0.15, -0.1) is 0 Å². The number of fused-ring (bicyclic) bond motifs is 1. The minimum absolute atomic E-state index is 0.355. The monoisotopic (exact) mass is 325 g/mol. The number of pyridine rings is 2. The maximum absolute atomic E-state index is 14.3. The average molecular weight is 325 g/mol. The van der Waals surface area contributed by atoms with Gasteiger partial charge < -0.3 is 5.32 Å². The first kappa shape index (κ1) is 15.3. The molecule has 2 aromatic carbocycles. The summed E-state index contributed by atoms with van der Waals surface area (Å²) in [6.07, 6.45) is 3.42. The lowest BCUT2D eigenvalue weighted by atomic mass is 9.93. The summed E-state index contributed by atoms with van der Waals surface area (Å²) in [6, 6.07) is 17.8. The summed E-state index contributed by atoms with van der Waals surface area (Å²) in [7, 11) is 5.82. The summed E-state index contributed by atoms with van der Waals surface area (Å²) in [6.45, 7) is 0. The van der Waals surface area contributed by atoms with Crippen molar-refractivity contribution in [3.63, 3.8) is 0 Å². The smallest absolute Gasteiger partial charge is 0.132 e. The molecule has 0 spiro atoms. The van der Waals surface area contributed by atoms with Crippen molar-refractivity contribution < 1.29 is 4.39 Å². The van der Waals surface area contributed by atoms with E-state index in [2.05, 4.69) is 15.3 Å². The van der Waals surface area contributed by atoms with Crippen LogP contribution in [0.25, 0.3) is 22.2 Å². The van der Waals surface area contributed by atoms with Crippen molar-refractivity contribution in [2.75, 3.05) is 5.32 Å². The third kappa shape index (κ3) is 3.09. The largest absolute Gasteiger partial charge is 0.355 e. The Hall–Kier alpha value is -3.21. The van der Waals surface area contributed by atoms with E-state index in [-0.39, 0.29) is 5.82 Å². The molecule has 2 radical (unpaired) electrons. The molecule has 1 N–H and O–H groups in total. The van der Waals surface area contributed by atoms with Crippen molar-refractivity contribution in [3.05, 3.63) is 78.9 Å². The fourth-order valence-corrected chi connectivity index (χ4v) is 2.75. The first-order valence-electron chi connectivity index (χ1n) is 7.83. The van der Waals surface area contributed by atoms with Gasteiger partial charge in [-0.05, 0) is 30.3 Å². The van der Waals surface area contributed by atoms with Crippen LogP contribution in [0.15, 0.2) is 73.1 Å². The lowest BCUT2D eigenvalue weighted by Crippen LogP contribution is -2.04. The van der Waals surface area contributed by atoms with E-state index in [1.807, 2.05) is 42.5 Å². The molecule has 0 aliphatic heterocycles. The predicted octanol–water partition coefficient (Wildman–Crippen LogP) is 3.97. The van der Waals surface area contributed by atoms with E-state index < -0.39 is 0 Å². The Balaban J connectivity index is 1.91. The molecule has 0 aliphatic rings. The Bertz CT molecular complexity index is 1050. The van der Waals surface area contributed by atoms with Gasteiger partial charge in [-0.1, -0.05) is 35.8 Å². The number of hydrogen-bond acceptors (Lipinski definition) is 3. The van der Waals surface area contributed by atoms with Crippen LogP contribution in [0.3, 0.4) is 0 Å². The predicted molar refractivity (Wildman–Crippen MR) is 100 cm³/mol. The number of aromatic nitrogens is 2. The van der Waals surface area contributed by atoms with Crippen molar-refractivity contribution >= 4 is 35.6 Å². The Kier molecular flexibility index (Phi) is 3.90. The third-order valence-corrected chi connectivity index (χ3v) is 3.94. The zero-order valence-corrected chi connectivity index (χ0v) is 13.3. The van der Waals surface area contributed by atoms with E-state index in [4.69, 9.17) is 7.85 Å². The molecule has 5 heteroatoms. The van der Waals surface area contributed by atoms with Gasteiger partial charge in [-0.2, -0.15) is 0 Å². The maximum atomic E-state index is 14.3. The standard InChI is InChI=1S/C20H13BFN3/c21-13-5-6-17(22)16(11-13)20-12-19(24-14-7-9-23-10-8-14)15-3-1-2-4-18(15)25-20/h1-12H,(H,23,24,25). The molecule has 0 saturated heterocycles. The number of benzene rings is 2. The summed E-state index contributed by atoms with van der Waals surface area (Å²) in [5.74, 6) is -0.355. The highest BCUT2D eigenvalue weighted by Crippen LogP contribution is 2.31. The van der Waals surface area contributed by atoms with Gasteiger partial charge in [0.2, 0.25) is 0 Å². The fourth-order valence-electron chi connectivity index (χ4n) is 2.75. The van der Waals surface area contributed by atoms with Gasteiger partial charge in [0.05, 0.1) is 16.9 Å². The van der Waals surface area contributed by atoms with Crippen LogP contribution in [-0.2, 0) is 0 Å². The van der Waals surface area contributed by atoms with Crippen LogP contribution in [0.1, 0.15) is 0 Å². The van der Waals surface area contributed by atoms with E-state index >= 15 is 0 Å². The first-order chi connectivity index (χ1) is 12.2. The van der Waals surface area contributed by atoms with Crippen LogP contribution < -0.4 is 10.8 Å². The zero-order chi connectivity index (χ0) is 17.2. The molecule has 0 fully saturated rings. The van der Waals surface area contributed by atoms with Gasteiger partial charge >= 0.3 is 0 Å². The number of para-hydroxylation sites is 1. The normalized spacial score (nSPS) is 10.8. The second kappa shape index (κ2) is 6.36. The van der Waals surface area contributed by atoms with E-state index in [0.29, 0.717) is 16.7 Å². The number of hydrogen-bond donors (Lipinski definition) is 1. The van der Waals surface area contributed by atoms with Crippen molar-refractivity contribution in [2.45, 2.75) is 0 Å². The molecule has 25 heavy (non-hydrogen) atoms. The highest BCUT2D eigenvalue weighted by molar-refractivity contribution is 6.32. The van der Waals surface area contributed by atoms with Gasteiger partial charge in [0.1, 0.15) is 13.7 Å². The van der Waals surface area contributed by atoms with Crippen LogP contribution in [-0.4, -0.2) is 17.8 Å². The second-order valence-corrected chi connectivity index (χ2v) is 5.67. The summed E-state index contributed by atoms with van der Waals surface area (Å²) in [4.78, 5) is 8.62. The van der Waals surface area contributed by atoms with Crippen molar-refractivity contribution in [2.24, 2.45) is 0 Å². The Labute approximate surface area is 146 Å². The molecular formula is C20H13BFN3. The summed E-state index contributed by atoms with van der Waals surface area (Å²) in [5.41, 5.74) is 3.91. The molecule has 2 heterocycles. The maximum Gasteiger partial charge on any atom is 0.132 e. The highest BCUT2D eigenvalue weighted by atomic mass is 19.1. The van der Waals surface area contributed by atoms with Crippen molar-refractivity contribution in [1.82, 2.24) is 9.97 Å². The van der Waals surface area contributed by atoms with E-state index in [0.717, 1.165) is 22.3 Å². The lowest BCUT2D eigenvalue weighted by Gasteiger charge is -2.13. The van der Waals surface area contributed by atoms with Gasteiger partial charge in [0.25, 0.3) is 0 Å². The number of rotatable bonds is 3. The highest BCUT2D eigenvalue weighted by Gasteiger charge is 2.11. The zero-order valence-electron chi connectivity index (χ0n) is 13.3. The van der Waals surface area contributed by atoms with Crippen molar-refractivity contribution in [1.29, 1.82) is 0 Å². The number of nitrogens with zero attached hydrogens (tertiary/aromatic N) is 2. The van der Waals surface area contributed by atoms with E-state index in [1.54, 1.807) is 18.5 Å². The average Bonchev–Trinajstić information content (AvgIpc) is 2.64. The van der Waals surface area contributed by atoms with E-state index in [1.165, 1.54) is 12.1 Å². The molecule has 0 atom stereocenters. The fraction of sp³-hybridized carbons (Fsp3) is 0. The molecule has 0 unspecified atom stereocenters. The summed E-state index contributed by atoms with van der Waals surface area (Å²) >= 11 is 0. The quantitative estimate of drug-likeness (QED) is 0.579. The van der Waals surface area contributed by atoms with Crippen LogP contribution >= 0.6 is 0 Å². The van der Waals surface area contributed by atoms with Crippen molar-refractivity contribution in [3.8, 4) is 11.3 Å². The lowest BCUT2D eigenvalue weighted by molar-refractivity contribution is 0.631. The first-order valence-corrected chi connectivity index (χ1v) is 7.83. The van der Waals surface area contributed by atoms with Gasteiger partial charge in [0.15, 0.2) is 0 Å². The molecule has 0 saturated carbocycles. The van der Waals surface area contributed by atoms with Gasteiger partial charge in [0, 0.05) is 29.0 Å². The molecule has 4 aromatic rings. The summed E-state index contributed by atoms with van der Waals surface area (Å²) < 4.78 is 14.3. The Morgan fingerprint density at radius 1 is 0.920 bits per heavy atom. The Morgan fingerprint density at radius 2 is 1.72 bits per heavy atom. The second-order valence-electron chi connectivity index (χ2n) is 5.67. The Morgan fingerprint density at radius 3 is 2.56 bits per heavy atom. The van der Waals surface area contributed by atoms with Crippen LogP contribution in [0.4, 0.5) is 15.8 Å². The molecule has 0 aliphatic carbocycles. The molecule has 3 nitrogen and oxygen atoms in total. The summed E-state index contributed by atoms with van der Waals surface area (Å²) in [5, 5.41) is 4.31. The topological polar surface area (TPSA) is 37.8 Å². The molecular weight excluding hydrogens is 312 g/mol. The number of anilines is 2. The molecule has 118 valence electrons. The minimum atomic E-state index is -0.355. The number of nitrogens with one attached hydrogen (secondary N) is 1. The van der Waals surface area contributed by atoms with Crippen LogP contribution in [0.2, 0.25) is 0 Å². The molecule has 2 aromatic heterocycles. The number of halogens is 1. The molecule has 4 rings (SSSR count). The van der Waals surface area contributed by atoms with Gasteiger partial charge in [-0.25, -0.2) is 9.37 Å². The van der Waals surface area contributed by atoms with Crippen LogP contribution in [0.5, 0.6) is 0 Å². The third-order valence-electron chi connectivity index (χ3n) is 3.94. The molecule has 0 amide bonds. The van der Waals surface area contributed by atoms with Gasteiger partial charge in [-0.3, -0.25) is 4.98 Å². The van der Waals surface area contributed by atoms with E-state index in [9.17, 15) is 4.39 Å².